The van der Waals surface area contributed by atoms with Gasteiger partial charge in [-0.25, -0.2) is 4.79 Å². The van der Waals surface area contributed by atoms with Crippen LogP contribution < -0.4 is 5.32 Å². The lowest BCUT2D eigenvalue weighted by Gasteiger charge is -2.34. The second kappa shape index (κ2) is 4.93. The summed E-state index contributed by atoms with van der Waals surface area (Å²) in [5, 5.41) is 2.73. The van der Waals surface area contributed by atoms with Gasteiger partial charge in [0.1, 0.15) is 11.1 Å². The highest BCUT2D eigenvalue weighted by molar-refractivity contribution is 6.06. The maximum Gasteiger partial charge on any atom is 0.408 e. The van der Waals surface area contributed by atoms with E-state index in [0.29, 0.717) is 12.0 Å². The van der Waals surface area contributed by atoms with Crippen molar-refractivity contribution in [1.29, 1.82) is 0 Å². The van der Waals surface area contributed by atoms with E-state index in [1.165, 1.54) is 0 Å². The zero-order valence-electron chi connectivity index (χ0n) is 12.4. The first-order valence-electron chi connectivity index (χ1n) is 6.85. The number of carbonyl (C=O) groups is 2. The Balaban J connectivity index is 2.17. The van der Waals surface area contributed by atoms with E-state index < -0.39 is 17.2 Å². The van der Waals surface area contributed by atoms with Crippen LogP contribution in [0.2, 0.25) is 0 Å². The van der Waals surface area contributed by atoms with Gasteiger partial charge in [-0.15, -0.1) is 0 Å². The van der Waals surface area contributed by atoms with E-state index in [1.807, 2.05) is 24.3 Å². The molecule has 0 fully saturated rings. The van der Waals surface area contributed by atoms with E-state index in [2.05, 4.69) is 5.32 Å². The van der Waals surface area contributed by atoms with E-state index in [1.54, 1.807) is 27.7 Å². The van der Waals surface area contributed by atoms with Crippen molar-refractivity contribution in [3.05, 3.63) is 35.4 Å². The van der Waals surface area contributed by atoms with Crippen LogP contribution in [0.4, 0.5) is 4.79 Å². The molecule has 1 aromatic carbocycles. The monoisotopic (exact) mass is 275 g/mol. The normalized spacial score (nSPS) is 22.1. The van der Waals surface area contributed by atoms with Gasteiger partial charge in [0.25, 0.3) is 0 Å². The molecule has 2 rings (SSSR count). The number of alkyl carbamates (subject to hydrolysis) is 1. The number of hydrogen-bond donors (Lipinski definition) is 1. The minimum atomic E-state index is -0.892. The van der Waals surface area contributed by atoms with Crippen molar-refractivity contribution in [3.63, 3.8) is 0 Å². The van der Waals surface area contributed by atoms with Gasteiger partial charge in [0, 0.05) is 5.56 Å². The fraction of sp³-hybridized carbons (Fsp3) is 0.500. The Morgan fingerprint density at radius 2 is 1.95 bits per heavy atom. The molecule has 0 saturated heterocycles. The summed E-state index contributed by atoms with van der Waals surface area (Å²) < 4.78 is 5.24. The quantitative estimate of drug-likeness (QED) is 0.856. The van der Waals surface area contributed by atoms with E-state index in [9.17, 15) is 9.59 Å². The first-order valence-corrected chi connectivity index (χ1v) is 6.85. The first kappa shape index (κ1) is 14.6. The number of rotatable bonds is 1. The molecule has 1 aliphatic carbocycles. The number of carbonyl (C=O) groups excluding carboxylic acids is 2. The predicted octanol–water partition coefficient (Wildman–Crippen LogP) is 3.10. The van der Waals surface area contributed by atoms with Crippen molar-refractivity contribution in [3.8, 4) is 0 Å². The molecule has 0 aliphatic heterocycles. The lowest BCUT2D eigenvalue weighted by Crippen LogP contribution is -2.55. The molecule has 1 atom stereocenters. The Morgan fingerprint density at radius 3 is 2.60 bits per heavy atom. The highest BCUT2D eigenvalue weighted by Gasteiger charge is 2.40. The number of benzene rings is 1. The molecule has 20 heavy (non-hydrogen) atoms. The average Bonchev–Trinajstić information content (AvgIpc) is 2.32. The number of fused-ring (bicyclic) bond motifs is 1. The molecule has 4 heteroatoms. The van der Waals surface area contributed by atoms with Crippen LogP contribution >= 0.6 is 0 Å². The van der Waals surface area contributed by atoms with Crippen molar-refractivity contribution in [2.45, 2.75) is 51.7 Å². The van der Waals surface area contributed by atoms with Crippen LogP contribution in [0, 0.1) is 0 Å². The minimum Gasteiger partial charge on any atom is -0.444 e. The summed E-state index contributed by atoms with van der Waals surface area (Å²) in [6.45, 7) is 7.15. The van der Waals surface area contributed by atoms with Crippen LogP contribution in [-0.2, 0) is 11.2 Å². The molecule has 0 saturated carbocycles. The largest absolute Gasteiger partial charge is 0.444 e. The summed E-state index contributed by atoms with van der Waals surface area (Å²) in [6, 6.07) is 7.54. The molecule has 0 unspecified atom stereocenters. The van der Waals surface area contributed by atoms with Crippen molar-refractivity contribution in [1.82, 2.24) is 5.32 Å². The molecule has 0 spiro atoms. The van der Waals surface area contributed by atoms with Gasteiger partial charge >= 0.3 is 6.09 Å². The van der Waals surface area contributed by atoms with Crippen LogP contribution in [0.5, 0.6) is 0 Å². The second-order valence-corrected chi connectivity index (χ2v) is 6.45. The molecule has 1 N–H and O–H groups in total. The Kier molecular flexibility index (Phi) is 3.59. The molecule has 1 amide bonds. The van der Waals surface area contributed by atoms with Gasteiger partial charge < -0.3 is 10.1 Å². The lowest BCUT2D eigenvalue weighted by molar-refractivity contribution is 0.0433. The lowest BCUT2D eigenvalue weighted by atomic mass is 9.78. The molecular formula is C16H21NO3. The minimum absolute atomic E-state index is 0.0507. The van der Waals surface area contributed by atoms with Crippen molar-refractivity contribution in [2.24, 2.45) is 0 Å². The zero-order chi connectivity index (χ0) is 15.0. The van der Waals surface area contributed by atoms with Crippen LogP contribution in [-0.4, -0.2) is 23.0 Å². The number of nitrogens with one attached hydrogen (secondary N) is 1. The van der Waals surface area contributed by atoms with Crippen LogP contribution in [0.25, 0.3) is 0 Å². The topological polar surface area (TPSA) is 55.4 Å². The molecule has 0 aromatic heterocycles. The second-order valence-electron chi connectivity index (χ2n) is 6.45. The van der Waals surface area contributed by atoms with Gasteiger partial charge in [0.05, 0.1) is 0 Å². The number of ketones is 1. The summed E-state index contributed by atoms with van der Waals surface area (Å²) in [7, 11) is 0. The Morgan fingerprint density at radius 1 is 1.30 bits per heavy atom. The maximum absolute atomic E-state index is 12.6. The third kappa shape index (κ3) is 3.00. The van der Waals surface area contributed by atoms with E-state index in [4.69, 9.17) is 4.74 Å². The van der Waals surface area contributed by atoms with Crippen molar-refractivity contribution >= 4 is 11.9 Å². The van der Waals surface area contributed by atoms with Crippen molar-refractivity contribution < 1.29 is 14.3 Å². The Labute approximate surface area is 119 Å². The summed E-state index contributed by atoms with van der Waals surface area (Å²) in [4.78, 5) is 24.5. The number of aryl methyl sites for hydroxylation is 1. The van der Waals surface area contributed by atoms with Gasteiger partial charge in [-0.2, -0.15) is 0 Å². The number of Topliss-reactive ketones (excluding diaryl/α,β-unsaturated/α-hetero) is 1. The fourth-order valence-corrected chi connectivity index (χ4v) is 2.40. The van der Waals surface area contributed by atoms with E-state index in [0.717, 1.165) is 12.0 Å². The number of ether oxygens (including phenoxy) is 1. The van der Waals surface area contributed by atoms with E-state index in [-0.39, 0.29) is 5.78 Å². The molecule has 0 heterocycles. The molecule has 108 valence electrons. The summed E-state index contributed by atoms with van der Waals surface area (Å²) >= 11 is 0. The third-order valence-electron chi connectivity index (χ3n) is 3.43. The van der Waals surface area contributed by atoms with Gasteiger partial charge in [-0.05, 0) is 46.1 Å². The smallest absolute Gasteiger partial charge is 0.408 e. The van der Waals surface area contributed by atoms with Crippen LogP contribution in [0.1, 0.15) is 50.0 Å². The summed E-state index contributed by atoms with van der Waals surface area (Å²) in [5.41, 5.74) is 0.269. The first-order chi connectivity index (χ1) is 9.21. The van der Waals surface area contributed by atoms with Crippen LogP contribution in [0.3, 0.4) is 0 Å². The molecule has 1 aliphatic rings. The van der Waals surface area contributed by atoms with Crippen LogP contribution in [0.15, 0.2) is 24.3 Å². The highest BCUT2D eigenvalue weighted by atomic mass is 16.6. The summed E-state index contributed by atoms with van der Waals surface area (Å²) in [5.74, 6) is -0.0507. The molecule has 1 aromatic rings. The number of hydrogen-bond acceptors (Lipinski definition) is 3. The van der Waals surface area contributed by atoms with Gasteiger partial charge in [0.2, 0.25) is 0 Å². The standard InChI is InChI=1S/C16H21NO3/c1-15(2,3)20-14(19)17-16(4)10-9-11-7-5-6-8-12(11)13(16)18/h5-8H,9-10H2,1-4H3,(H,17,19)/t16-/m1/s1. The zero-order valence-corrected chi connectivity index (χ0v) is 12.4. The predicted molar refractivity (Wildman–Crippen MR) is 76.9 cm³/mol. The SMILES string of the molecule is CC(C)(C)OC(=O)N[C@]1(C)CCc2ccccc2C1=O. The fourth-order valence-electron chi connectivity index (χ4n) is 2.40. The Bertz CT molecular complexity index is 545. The molecule has 0 bridgehead atoms. The average molecular weight is 275 g/mol. The molecular weight excluding hydrogens is 254 g/mol. The van der Waals surface area contributed by atoms with Crippen molar-refractivity contribution in [2.75, 3.05) is 0 Å². The van der Waals surface area contributed by atoms with E-state index >= 15 is 0 Å². The summed E-state index contributed by atoms with van der Waals surface area (Å²) in [6.07, 6.45) is 0.809. The van der Waals surface area contributed by atoms with Gasteiger partial charge in [-0.1, -0.05) is 24.3 Å². The van der Waals surface area contributed by atoms with Gasteiger partial charge in [0.15, 0.2) is 5.78 Å². The number of amides is 1. The molecule has 4 nitrogen and oxygen atoms in total. The maximum atomic E-state index is 12.6. The highest BCUT2D eigenvalue weighted by Crippen LogP contribution is 2.28. The van der Waals surface area contributed by atoms with Gasteiger partial charge in [-0.3, -0.25) is 4.79 Å². The molecule has 0 radical (unpaired) electrons. The third-order valence-corrected chi connectivity index (χ3v) is 3.43. The Hall–Kier alpha value is -1.84.